The van der Waals surface area contributed by atoms with Gasteiger partial charge in [-0.3, -0.25) is 0 Å². The van der Waals surface area contributed by atoms with Crippen molar-refractivity contribution in [2.75, 3.05) is 0 Å². The number of rotatable bonds is 6. The normalized spacial score (nSPS) is 13.6. The van der Waals surface area contributed by atoms with Crippen LogP contribution in [0.2, 0.25) is 0 Å². The molecule has 0 amide bonds. The second-order valence-electron chi connectivity index (χ2n) is 2.94. The van der Waals surface area contributed by atoms with Crippen LogP contribution in [-0.4, -0.2) is 95.2 Å². The van der Waals surface area contributed by atoms with Gasteiger partial charge in [-0.15, -0.1) is 0 Å². The standard InChI is InChI=1S/C4H6O6.C4H6O5.Ca/c5-1(3(7)8)2(6)4(9)10;5-2(4(8)9)1-3(6)7;/h1-2,5-6H,(H,7,8)(H,9,10);2,5H,1H2,(H,6,7)(H,8,9);/q;;+2/p-4. The first-order chi connectivity index (χ1) is 8.50. The molecule has 0 fully saturated rings. The second-order valence-corrected chi connectivity index (χ2v) is 2.94. The molecule has 3 N–H and O–H groups in total. The van der Waals surface area contributed by atoms with E-state index >= 15 is 0 Å². The average Bonchev–Trinajstić information content (AvgIpc) is 2.26. The molecule has 0 saturated heterocycles. The molecule has 0 aliphatic rings. The molecule has 0 aliphatic heterocycles. The molecule has 0 aromatic carbocycles. The largest absolute Gasteiger partial charge is 2.00 e. The topological polar surface area (TPSA) is 221 Å². The van der Waals surface area contributed by atoms with E-state index in [-0.39, 0.29) is 37.7 Å². The third-order valence-corrected chi connectivity index (χ3v) is 1.41. The molecule has 3 unspecified atom stereocenters. The van der Waals surface area contributed by atoms with Gasteiger partial charge in [0.1, 0.15) is 12.2 Å². The van der Waals surface area contributed by atoms with Crippen LogP contribution in [0.15, 0.2) is 0 Å². The maximum Gasteiger partial charge on any atom is 2.00 e. The zero-order chi connectivity index (χ0) is 15.7. The van der Waals surface area contributed by atoms with Gasteiger partial charge in [0.25, 0.3) is 0 Å². The van der Waals surface area contributed by atoms with Gasteiger partial charge in [-0.05, 0) is 0 Å². The fraction of sp³-hybridized carbons (Fsp3) is 0.500. The van der Waals surface area contributed by atoms with Crippen molar-refractivity contribution in [3.63, 3.8) is 0 Å². The van der Waals surface area contributed by atoms with Crippen molar-refractivity contribution in [3.8, 4) is 0 Å². The van der Waals surface area contributed by atoms with Gasteiger partial charge >= 0.3 is 37.7 Å². The summed E-state index contributed by atoms with van der Waals surface area (Å²) in [7, 11) is 0. The molecule has 3 atom stereocenters. The molecule has 20 heavy (non-hydrogen) atoms. The van der Waals surface area contributed by atoms with Crippen molar-refractivity contribution in [1.29, 1.82) is 0 Å². The molecule has 110 valence electrons. The van der Waals surface area contributed by atoms with Gasteiger partial charge in [-0.2, -0.15) is 0 Å². The van der Waals surface area contributed by atoms with Crippen molar-refractivity contribution in [3.05, 3.63) is 0 Å². The summed E-state index contributed by atoms with van der Waals surface area (Å²) in [6.07, 6.45) is -7.77. The van der Waals surface area contributed by atoms with E-state index in [4.69, 9.17) is 15.3 Å². The second kappa shape index (κ2) is 11.8. The molecule has 0 heterocycles. The Balaban J connectivity index is -0.000000277. The van der Waals surface area contributed by atoms with E-state index in [0.717, 1.165) is 0 Å². The summed E-state index contributed by atoms with van der Waals surface area (Å²) < 4.78 is 0. The summed E-state index contributed by atoms with van der Waals surface area (Å²) >= 11 is 0. The Morgan fingerprint density at radius 1 is 0.750 bits per heavy atom. The van der Waals surface area contributed by atoms with Gasteiger partial charge in [0.05, 0.1) is 24.0 Å². The smallest absolute Gasteiger partial charge is 0.550 e. The van der Waals surface area contributed by atoms with Gasteiger partial charge in [0.15, 0.2) is 0 Å². The predicted octanol–water partition coefficient (Wildman–Crippen LogP) is -8.94. The maximum absolute atomic E-state index is 9.63. The third-order valence-electron chi connectivity index (χ3n) is 1.41. The summed E-state index contributed by atoms with van der Waals surface area (Å²) in [5.41, 5.74) is 0. The van der Waals surface area contributed by atoms with E-state index in [2.05, 4.69) is 0 Å². The van der Waals surface area contributed by atoms with Crippen molar-refractivity contribution >= 4 is 61.6 Å². The minimum absolute atomic E-state index is 0. The number of carbonyl (C=O) groups is 4. The van der Waals surface area contributed by atoms with Crippen LogP contribution in [0.25, 0.3) is 0 Å². The molecule has 0 bridgehead atoms. The van der Waals surface area contributed by atoms with Crippen LogP contribution in [0.4, 0.5) is 0 Å². The van der Waals surface area contributed by atoms with Crippen molar-refractivity contribution in [2.24, 2.45) is 0 Å². The van der Waals surface area contributed by atoms with E-state index in [1.54, 1.807) is 0 Å². The molecule has 0 spiro atoms. The van der Waals surface area contributed by atoms with Crippen molar-refractivity contribution in [1.82, 2.24) is 0 Å². The first kappa shape index (κ1) is 24.1. The van der Waals surface area contributed by atoms with E-state index in [0.29, 0.717) is 0 Å². The Labute approximate surface area is 141 Å². The average molecular weight is 320 g/mol. The Bertz CT molecular complexity index is 336. The maximum atomic E-state index is 9.63. The summed E-state index contributed by atoms with van der Waals surface area (Å²) in [6, 6.07) is 0. The Morgan fingerprint density at radius 2 is 1.05 bits per heavy atom. The molecule has 0 radical (unpaired) electrons. The molecule has 0 aromatic heterocycles. The molecule has 11 nitrogen and oxygen atoms in total. The fourth-order valence-corrected chi connectivity index (χ4v) is 0.499. The predicted molar refractivity (Wildman–Crippen MR) is 48.4 cm³/mol. The molecule has 0 aliphatic carbocycles. The number of aliphatic hydroxyl groups excluding tert-OH is 3. The van der Waals surface area contributed by atoms with Crippen LogP contribution >= 0.6 is 0 Å². The van der Waals surface area contributed by atoms with E-state index in [1.165, 1.54) is 0 Å². The number of hydrogen-bond donors (Lipinski definition) is 3. The van der Waals surface area contributed by atoms with Crippen LogP contribution in [-0.2, 0) is 19.2 Å². The van der Waals surface area contributed by atoms with Gasteiger partial charge in [0.2, 0.25) is 0 Å². The Morgan fingerprint density at radius 3 is 1.15 bits per heavy atom. The minimum atomic E-state index is -2.44. The number of carboxylic acids is 4. The summed E-state index contributed by atoms with van der Waals surface area (Å²) in [4.78, 5) is 38.4. The molecule has 0 rings (SSSR count). The van der Waals surface area contributed by atoms with Gasteiger partial charge in [-0.25, -0.2) is 0 Å². The summed E-state index contributed by atoms with van der Waals surface area (Å²) in [5, 5.41) is 63.1. The zero-order valence-electron chi connectivity index (χ0n) is 9.75. The van der Waals surface area contributed by atoms with E-state index < -0.39 is 48.6 Å². The molecule has 0 saturated carbocycles. The van der Waals surface area contributed by atoms with Crippen LogP contribution < -0.4 is 20.4 Å². The number of carbonyl (C=O) groups excluding carboxylic acids is 4. The SMILES string of the molecule is O=C([O-])C(O)C(O)C(=O)[O-].O=C([O-])CC(O)C(=O)[O-].[Ca+2]. The number of hydrogen-bond acceptors (Lipinski definition) is 11. The van der Waals surface area contributed by atoms with E-state index in [1.807, 2.05) is 0 Å². The Kier molecular flexibility index (Phi) is 14.2. The zero-order valence-corrected chi connectivity index (χ0v) is 12.0. The summed E-state index contributed by atoms with van der Waals surface area (Å²) in [5.74, 6) is -7.54. The summed E-state index contributed by atoms with van der Waals surface area (Å²) in [6.45, 7) is 0. The first-order valence-electron chi connectivity index (χ1n) is 4.37. The quantitative estimate of drug-likeness (QED) is 0.389. The fourth-order valence-electron chi connectivity index (χ4n) is 0.499. The number of aliphatic hydroxyl groups is 3. The monoisotopic (exact) mass is 320 g/mol. The van der Waals surface area contributed by atoms with Gasteiger partial charge in [0, 0.05) is 12.4 Å². The minimum Gasteiger partial charge on any atom is -0.550 e. The molecule has 12 heteroatoms. The van der Waals surface area contributed by atoms with Crippen LogP contribution in [0.5, 0.6) is 0 Å². The van der Waals surface area contributed by atoms with Gasteiger partial charge in [-0.1, -0.05) is 0 Å². The van der Waals surface area contributed by atoms with E-state index in [9.17, 15) is 39.6 Å². The van der Waals surface area contributed by atoms with Crippen molar-refractivity contribution in [2.45, 2.75) is 24.7 Å². The van der Waals surface area contributed by atoms with Crippen LogP contribution in [0.1, 0.15) is 6.42 Å². The third kappa shape index (κ3) is 12.1. The van der Waals surface area contributed by atoms with Crippen molar-refractivity contribution < 1.29 is 54.9 Å². The van der Waals surface area contributed by atoms with Crippen LogP contribution in [0.3, 0.4) is 0 Å². The molecule has 0 aromatic rings. The number of carboxylic acid groups (broad SMARTS) is 4. The van der Waals surface area contributed by atoms with Crippen LogP contribution in [0, 0.1) is 0 Å². The first-order valence-corrected chi connectivity index (χ1v) is 4.37. The number of aliphatic carboxylic acids is 4. The molecular formula is C8H8CaO11-2. The molecular weight excluding hydrogens is 312 g/mol. The van der Waals surface area contributed by atoms with Gasteiger partial charge < -0.3 is 54.9 Å². The Hall–Kier alpha value is -0.980.